The molecule has 1 N–H and O–H groups in total. The summed E-state index contributed by atoms with van der Waals surface area (Å²) < 4.78 is 0. The van der Waals surface area contributed by atoms with E-state index in [0.717, 1.165) is 12.8 Å². The highest BCUT2D eigenvalue weighted by atomic mass is 16.2. The number of nitrogens with one attached hydrogen (secondary N) is 1. The predicted octanol–water partition coefficient (Wildman–Crippen LogP) is 0.940. The van der Waals surface area contributed by atoms with Crippen LogP contribution in [-0.4, -0.2) is 155 Å². The highest BCUT2D eigenvalue weighted by molar-refractivity contribution is 6.90. The smallest absolute Gasteiger partial charge is 0.222 e. The molecule has 0 aliphatic rings. The monoisotopic (exact) mass is 696 g/mol. The van der Waals surface area contributed by atoms with Crippen LogP contribution in [-0.2, 0) is 38.4 Å². The van der Waals surface area contributed by atoms with E-state index in [1.54, 1.807) is 25.8 Å². The third kappa shape index (κ3) is 21.7. The first kappa shape index (κ1) is 46.7. The molecular weight excluding hydrogens is 639 g/mol. The largest absolute Gasteiger partial charge is 0.336 e. The van der Waals surface area contributed by atoms with Crippen molar-refractivity contribution in [3.05, 3.63) is 0 Å². The van der Waals surface area contributed by atoms with E-state index in [4.69, 9.17) is 15.6 Å². The van der Waals surface area contributed by atoms with Crippen LogP contribution in [0.25, 0.3) is 0 Å². The van der Waals surface area contributed by atoms with Gasteiger partial charge in [0.2, 0.25) is 23.6 Å². The maximum absolute atomic E-state index is 12.7. The van der Waals surface area contributed by atoms with E-state index >= 15 is 0 Å². The second kappa shape index (κ2) is 28.4. The molecule has 0 aromatic carbocycles. The van der Waals surface area contributed by atoms with Crippen LogP contribution in [0.3, 0.4) is 0 Å². The fraction of sp³-hybridized carbons (Fsp3) is 0.765. The van der Waals surface area contributed by atoms with Gasteiger partial charge in [0.05, 0.1) is 41.2 Å². The second-order valence-corrected chi connectivity index (χ2v) is 12.4. The minimum absolute atomic E-state index is 0.00427. The average molecular weight is 696 g/mol. The molecule has 50 heavy (non-hydrogen) atoms. The Balaban J connectivity index is 4.71. The van der Waals surface area contributed by atoms with Gasteiger partial charge in [0, 0.05) is 72.6 Å². The topological polar surface area (TPSA) is 162 Å². The fourth-order valence-electron chi connectivity index (χ4n) is 5.28. The van der Waals surface area contributed by atoms with Crippen molar-refractivity contribution >= 4 is 69.5 Å². The van der Waals surface area contributed by atoms with Crippen molar-refractivity contribution in [3.63, 3.8) is 0 Å². The van der Waals surface area contributed by atoms with Crippen LogP contribution in [0.5, 0.6) is 0 Å². The number of hydrogen-bond acceptors (Lipinski definition) is 9. The van der Waals surface area contributed by atoms with E-state index < -0.39 is 0 Å². The van der Waals surface area contributed by atoms with Crippen LogP contribution >= 0.6 is 0 Å². The van der Waals surface area contributed by atoms with E-state index in [0.29, 0.717) is 51.9 Å². The highest BCUT2D eigenvalue weighted by Crippen LogP contribution is 2.10. The maximum atomic E-state index is 12.7. The molecule has 13 nitrogen and oxygen atoms in total. The summed E-state index contributed by atoms with van der Waals surface area (Å²) >= 11 is 0. The summed E-state index contributed by atoms with van der Waals surface area (Å²) in [6, 6.07) is 0. The molecule has 16 heteroatoms. The molecule has 0 heterocycles. The van der Waals surface area contributed by atoms with E-state index in [1.807, 2.05) is 0 Å². The zero-order valence-corrected chi connectivity index (χ0v) is 30.8. The normalized spacial score (nSPS) is 10.6. The number of Topliss-reactive ketones (excluding diaryl/α,β-unsaturated/α-hetero) is 4. The Morgan fingerprint density at radius 1 is 0.560 bits per heavy atom. The van der Waals surface area contributed by atoms with Gasteiger partial charge in [-0.1, -0.05) is 26.7 Å². The van der Waals surface area contributed by atoms with E-state index in [-0.39, 0.29) is 124 Å². The second-order valence-electron chi connectivity index (χ2n) is 12.4. The summed E-state index contributed by atoms with van der Waals surface area (Å²) in [5.74, 6) is -1.38. The molecule has 0 aliphatic heterocycles. The van der Waals surface area contributed by atoms with Gasteiger partial charge in [-0.05, 0) is 52.3 Å². The summed E-state index contributed by atoms with van der Waals surface area (Å²) in [5.41, 5.74) is 0. The number of amides is 4. The molecule has 0 aromatic heterocycles. The van der Waals surface area contributed by atoms with Gasteiger partial charge in [0.15, 0.2) is 17.3 Å². The van der Waals surface area contributed by atoms with Crippen LogP contribution in [0.2, 0.25) is 12.6 Å². The van der Waals surface area contributed by atoms with Gasteiger partial charge in [-0.25, -0.2) is 0 Å². The van der Waals surface area contributed by atoms with Crippen LogP contribution in [0, 0.1) is 0 Å². The van der Waals surface area contributed by atoms with Crippen molar-refractivity contribution in [2.45, 2.75) is 104 Å². The number of likely N-dealkylation sites (N-methyl/N-ethyl adjacent to an activating group) is 1. The van der Waals surface area contributed by atoms with Crippen LogP contribution in [0.4, 0.5) is 0 Å². The molecule has 0 atom stereocenters. The molecule has 0 aromatic rings. The van der Waals surface area contributed by atoms with Crippen molar-refractivity contribution < 1.29 is 38.4 Å². The average Bonchev–Trinajstić information content (AvgIpc) is 3.08. The van der Waals surface area contributed by atoms with E-state index in [2.05, 4.69) is 5.32 Å². The Kier molecular flexibility index (Phi) is 26.5. The number of carbonyl (C=O) groups is 8. The number of ketones is 4. The van der Waals surface area contributed by atoms with Gasteiger partial charge >= 0.3 is 0 Å². The van der Waals surface area contributed by atoms with Gasteiger partial charge in [0.25, 0.3) is 0 Å². The van der Waals surface area contributed by atoms with Gasteiger partial charge in [-0.2, -0.15) is 0 Å². The summed E-state index contributed by atoms with van der Waals surface area (Å²) in [6.07, 6.45) is 4.45. The molecule has 0 saturated heterocycles. The molecule has 0 unspecified atom stereocenters. The minimum Gasteiger partial charge on any atom is -0.336 e. The van der Waals surface area contributed by atoms with Crippen molar-refractivity contribution in [3.8, 4) is 0 Å². The summed E-state index contributed by atoms with van der Waals surface area (Å²) in [7, 11) is 13.9. The number of nitrogens with zero attached hydrogens (tertiary/aromatic N) is 4. The number of rotatable bonds is 31. The first-order valence-corrected chi connectivity index (χ1v) is 17.9. The van der Waals surface area contributed by atoms with Crippen molar-refractivity contribution in [2.24, 2.45) is 0 Å². The summed E-state index contributed by atoms with van der Waals surface area (Å²) in [4.78, 5) is 104. The van der Waals surface area contributed by atoms with Crippen molar-refractivity contribution in [1.82, 2.24) is 24.9 Å². The van der Waals surface area contributed by atoms with Crippen molar-refractivity contribution in [2.75, 3.05) is 66.0 Å². The molecule has 0 aliphatic carbocycles. The quantitative estimate of drug-likeness (QED) is 0.0822. The number of carbonyl (C=O) groups excluding carboxylic acids is 8. The SMILES string of the molecule is [B][B]CC(=O)N(CCCC(=O)CN(CCNC)C(=O)C[B])CC(=O)CCCCCCN(CC(=O)CCCN(CC(C)=O)C(=O)CC)C(=O)CC. The Morgan fingerprint density at radius 2 is 0.980 bits per heavy atom. The van der Waals surface area contributed by atoms with Gasteiger partial charge in [-0.3, -0.25) is 38.4 Å². The van der Waals surface area contributed by atoms with Gasteiger partial charge < -0.3 is 24.9 Å². The maximum Gasteiger partial charge on any atom is 0.222 e. The molecule has 275 valence electrons. The Labute approximate surface area is 302 Å². The molecule has 0 rings (SSSR count). The predicted molar refractivity (Wildman–Crippen MR) is 195 cm³/mol. The van der Waals surface area contributed by atoms with Crippen molar-refractivity contribution in [1.29, 1.82) is 0 Å². The standard InChI is InChI=1S/C34H57B3N5O8/c1-5-31(47)39(23-27(3)43)18-11-14-29(45)24-40(32(48)6-2)17-10-8-7-9-13-28(44)25-41(34(50)22-37-36)19-12-15-30(46)26-42(20-16-38-4)33(49)21-35/h38H,5-26H2,1-4H3. The minimum atomic E-state index is -0.319. The summed E-state index contributed by atoms with van der Waals surface area (Å²) in [5, 5.41) is 2.93. The number of hydrogen-bond donors (Lipinski definition) is 1. The van der Waals surface area contributed by atoms with Gasteiger partial charge in [0.1, 0.15) is 5.78 Å². The first-order chi connectivity index (χ1) is 23.8. The van der Waals surface area contributed by atoms with Crippen LogP contribution in [0.15, 0.2) is 0 Å². The molecule has 0 bridgehead atoms. The Bertz CT molecular complexity index is 1110. The molecule has 4 amide bonds. The fourth-order valence-corrected chi connectivity index (χ4v) is 5.28. The van der Waals surface area contributed by atoms with Crippen LogP contribution in [0.1, 0.15) is 91.4 Å². The lowest BCUT2D eigenvalue weighted by molar-refractivity contribution is -0.136. The lowest BCUT2D eigenvalue weighted by Crippen LogP contribution is -2.40. The zero-order chi connectivity index (χ0) is 37.9. The van der Waals surface area contributed by atoms with E-state index in [9.17, 15) is 38.4 Å². The van der Waals surface area contributed by atoms with Gasteiger partial charge in [-0.15, -0.1) is 0 Å². The van der Waals surface area contributed by atoms with Crippen LogP contribution < -0.4 is 5.32 Å². The lowest BCUT2D eigenvalue weighted by Gasteiger charge is -2.23. The summed E-state index contributed by atoms with van der Waals surface area (Å²) in [6.45, 7) is 6.56. The molecule has 0 fully saturated rings. The molecular formula is C34H57B3N5O8. The third-order valence-electron chi connectivity index (χ3n) is 8.03. The van der Waals surface area contributed by atoms with E-state index in [1.165, 1.54) is 28.8 Å². The lowest BCUT2D eigenvalue weighted by atomic mass is 9.53. The zero-order valence-electron chi connectivity index (χ0n) is 30.8. The molecule has 5 radical (unpaired) electrons. The highest BCUT2D eigenvalue weighted by Gasteiger charge is 2.20. The Hall–Kier alpha value is -3.29. The Morgan fingerprint density at radius 3 is 1.42 bits per heavy atom. The molecule has 0 spiro atoms. The molecule has 0 saturated carbocycles. The third-order valence-corrected chi connectivity index (χ3v) is 8.03. The number of unbranched alkanes of at least 4 members (excludes halogenated alkanes) is 3. The first-order valence-electron chi connectivity index (χ1n) is 17.9.